The van der Waals surface area contributed by atoms with Crippen LogP contribution in [0.1, 0.15) is 24.2 Å². The monoisotopic (exact) mass is 304 g/mol. The topological polar surface area (TPSA) is 42.7 Å². The van der Waals surface area contributed by atoms with Gasteiger partial charge in [0.25, 0.3) is 0 Å². The van der Waals surface area contributed by atoms with Crippen LogP contribution in [0, 0.1) is 5.92 Å². The molecule has 4 nitrogen and oxygen atoms in total. The Morgan fingerprint density at radius 1 is 1.38 bits per heavy atom. The van der Waals surface area contributed by atoms with Gasteiger partial charge >= 0.3 is 0 Å². The van der Waals surface area contributed by atoms with Gasteiger partial charge in [0.15, 0.2) is 0 Å². The van der Waals surface area contributed by atoms with Crippen LogP contribution in [0.4, 0.5) is 0 Å². The molecule has 1 aromatic carbocycles. The maximum Gasteiger partial charge on any atom is 0.138 e. The van der Waals surface area contributed by atoms with Gasteiger partial charge < -0.3 is 5.32 Å². The third-order valence-corrected chi connectivity index (χ3v) is 4.20. The molecule has 1 fully saturated rings. The zero-order valence-electron chi connectivity index (χ0n) is 12.3. The quantitative estimate of drug-likeness (QED) is 0.855. The maximum atomic E-state index is 6.09. The zero-order valence-corrected chi connectivity index (χ0v) is 13.1. The van der Waals surface area contributed by atoms with Gasteiger partial charge in [-0.1, -0.05) is 23.7 Å². The second-order valence-corrected chi connectivity index (χ2v) is 6.32. The summed E-state index contributed by atoms with van der Waals surface area (Å²) in [5.74, 6) is 1.55. The average Bonchev–Trinajstić information content (AvgIpc) is 3.20. The van der Waals surface area contributed by atoms with Gasteiger partial charge in [-0.25, -0.2) is 4.98 Å². The molecule has 21 heavy (non-hydrogen) atoms. The summed E-state index contributed by atoms with van der Waals surface area (Å²) in [6.07, 6.45) is 6.19. The Morgan fingerprint density at radius 3 is 2.90 bits per heavy atom. The van der Waals surface area contributed by atoms with Crippen LogP contribution in [0.25, 0.3) is 0 Å². The molecule has 0 bridgehead atoms. The molecule has 0 spiro atoms. The van der Waals surface area contributed by atoms with Crippen molar-refractivity contribution in [2.24, 2.45) is 13.0 Å². The van der Waals surface area contributed by atoms with Gasteiger partial charge in [0.1, 0.15) is 12.2 Å². The Morgan fingerprint density at radius 2 is 2.24 bits per heavy atom. The van der Waals surface area contributed by atoms with Crippen LogP contribution >= 0.6 is 11.6 Å². The molecule has 0 aliphatic heterocycles. The molecule has 0 amide bonds. The van der Waals surface area contributed by atoms with Crippen molar-refractivity contribution in [1.29, 1.82) is 0 Å². The van der Waals surface area contributed by atoms with Crippen LogP contribution in [0.3, 0.4) is 0 Å². The Labute approximate surface area is 130 Å². The second-order valence-electron chi connectivity index (χ2n) is 5.89. The van der Waals surface area contributed by atoms with E-state index >= 15 is 0 Å². The molecular weight excluding hydrogens is 284 g/mol. The van der Waals surface area contributed by atoms with Crippen molar-refractivity contribution in [2.75, 3.05) is 6.54 Å². The highest BCUT2D eigenvalue weighted by Crippen LogP contribution is 2.21. The average molecular weight is 305 g/mol. The number of rotatable bonds is 7. The lowest BCUT2D eigenvalue weighted by Crippen LogP contribution is -2.28. The Balaban J connectivity index is 1.67. The number of hydrogen-bond acceptors (Lipinski definition) is 3. The normalized spacial score (nSPS) is 16.1. The maximum absolute atomic E-state index is 6.09. The number of halogens is 1. The van der Waals surface area contributed by atoms with E-state index in [-0.39, 0.29) is 0 Å². The highest BCUT2D eigenvalue weighted by atomic mass is 35.5. The van der Waals surface area contributed by atoms with E-state index in [0.717, 1.165) is 36.3 Å². The van der Waals surface area contributed by atoms with E-state index in [2.05, 4.69) is 27.5 Å². The van der Waals surface area contributed by atoms with Crippen LogP contribution < -0.4 is 5.32 Å². The standard InChI is InChI=1S/C16H21ClN4/c1-21-16(19-11-20-21)9-13(10-18-15-5-6-15)7-12-3-2-4-14(17)8-12/h2-4,8,11,13,15,18H,5-7,9-10H2,1H3. The largest absolute Gasteiger partial charge is 0.314 e. The van der Waals surface area contributed by atoms with Crippen LogP contribution in [0.15, 0.2) is 30.6 Å². The summed E-state index contributed by atoms with van der Waals surface area (Å²) in [6, 6.07) is 8.87. The molecule has 3 rings (SSSR count). The number of aryl methyl sites for hydroxylation is 1. The van der Waals surface area contributed by atoms with E-state index in [1.165, 1.54) is 18.4 Å². The van der Waals surface area contributed by atoms with E-state index in [4.69, 9.17) is 11.6 Å². The Bertz CT molecular complexity index is 591. The van der Waals surface area contributed by atoms with Gasteiger partial charge in [-0.05, 0) is 49.4 Å². The molecule has 1 saturated carbocycles. The summed E-state index contributed by atoms with van der Waals surface area (Å²) in [4.78, 5) is 4.36. The van der Waals surface area contributed by atoms with Crippen LogP contribution in [0.2, 0.25) is 5.02 Å². The molecule has 1 aromatic heterocycles. The minimum absolute atomic E-state index is 0.506. The van der Waals surface area contributed by atoms with E-state index in [1.54, 1.807) is 6.33 Å². The van der Waals surface area contributed by atoms with E-state index in [1.807, 2.05) is 23.9 Å². The molecular formula is C16H21ClN4. The fraction of sp³-hybridized carbons (Fsp3) is 0.500. The third-order valence-electron chi connectivity index (χ3n) is 3.96. The van der Waals surface area contributed by atoms with Gasteiger partial charge in [0, 0.05) is 24.5 Å². The molecule has 1 aliphatic rings. The summed E-state index contributed by atoms with van der Waals surface area (Å²) >= 11 is 6.09. The molecule has 1 N–H and O–H groups in total. The van der Waals surface area contributed by atoms with Crippen LogP contribution in [-0.2, 0) is 19.9 Å². The lowest BCUT2D eigenvalue weighted by atomic mass is 9.95. The first-order chi connectivity index (χ1) is 10.2. The molecule has 0 saturated heterocycles. The predicted octanol–water partition coefficient (Wildman–Crippen LogP) is 2.62. The smallest absolute Gasteiger partial charge is 0.138 e. The first kappa shape index (κ1) is 14.5. The SMILES string of the molecule is Cn1ncnc1CC(CNC1CC1)Cc1cccc(Cl)c1. The van der Waals surface area contributed by atoms with Gasteiger partial charge in [0.05, 0.1) is 0 Å². The van der Waals surface area contributed by atoms with Crippen molar-refractivity contribution in [3.8, 4) is 0 Å². The van der Waals surface area contributed by atoms with Crippen molar-refractivity contribution >= 4 is 11.6 Å². The first-order valence-electron chi connectivity index (χ1n) is 7.51. The summed E-state index contributed by atoms with van der Waals surface area (Å²) in [6.45, 7) is 1.02. The van der Waals surface area contributed by atoms with E-state index in [9.17, 15) is 0 Å². The predicted molar refractivity (Wildman–Crippen MR) is 84.4 cm³/mol. The zero-order chi connectivity index (χ0) is 14.7. The van der Waals surface area contributed by atoms with Gasteiger partial charge in [-0.2, -0.15) is 5.10 Å². The summed E-state index contributed by atoms with van der Waals surface area (Å²) < 4.78 is 1.86. The Kier molecular flexibility index (Phi) is 4.56. The van der Waals surface area contributed by atoms with Crippen molar-refractivity contribution in [3.05, 3.63) is 47.0 Å². The second kappa shape index (κ2) is 6.58. The summed E-state index contributed by atoms with van der Waals surface area (Å²) in [5.41, 5.74) is 1.28. The molecule has 0 radical (unpaired) electrons. The van der Waals surface area contributed by atoms with Crippen LogP contribution in [-0.4, -0.2) is 27.4 Å². The Hall–Kier alpha value is -1.39. The summed E-state index contributed by atoms with van der Waals surface area (Å²) in [7, 11) is 1.95. The van der Waals surface area contributed by atoms with Gasteiger partial charge in [-0.15, -0.1) is 0 Å². The van der Waals surface area contributed by atoms with E-state index in [0.29, 0.717) is 5.92 Å². The molecule has 1 unspecified atom stereocenters. The third kappa shape index (κ3) is 4.29. The number of nitrogens with one attached hydrogen (secondary N) is 1. The fourth-order valence-electron chi connectivity index (χ4n) is 2.60. The van der Waals surface area contributed by atoms with Crippen molar-refractivity contribution in [3.63, 3.8) is 0 Å². The molecule has 1 aliphatic carbocycles. The highest BCUT2D eigenvalue weighted by Gasteiger charge is 2.22. The molecule has 5 heteroatoms. The minimum Gasteiger partial charge on any atom is -0.314 e. The lowest BCUT2D eigenvalue weighted by Gasteiger charge is -2.17. The number of nitrogens with zero attached hydrogens (tertiary/aromatic N) is 3. The highest BCUT2D eigenvalue weighted by molar-refractivity contribution is 6.30. The first-order valence-corrected chi connectivity index (χ1v) is 7.89. The lowest BCUT2D eigenvalue weighted by molar-refractivity contribution is 0.451. The molecule has 2 aromatic rings. The number of hydrogen-bond donors (Lipinski definition) is 1. The van der Waals surface area contributed by atoms with Crippen molar-refractivity contribution in [1.82, 2.24) is 20.1 Å². The number of benzene rings is 1. The molecule has 1 heterocycles. The van der Waals surface area contributed by atoms with Gasteiger partial charge in [0.2, 0.25) is 0 Å². The minimum atomic E-state index is 0.506. The van der Waals surface area contributed by atoms with Crippen molar-refractivity contribution < 1.29 is 0 Å². The van der Waals surface area contributed by atoms with Crippen LogP contribution in [0.5, 0.6) is 0 Å². The van der Waals surface area contributed by atoms with Crippen molar-refractivity contribution in [2.45, 2.75) is 31.7 Å². The van der Waals surface area contributed by atoms with E-state index < -0.39 is 0 Å². The summed E-state index contributed by atoms with van der Waals surface area (Å²) in [5, 5.41) is 8.60. The number of aromatic nitrogens is 3. The molecule has 112 valence electrons. The fourth-order valence-corrected chi connectivity index (χ4v) is 2.81. The molecule has 1 atom stereocenters. The van der Waals surface area contributed by atoms with Gasteiger partial charge in [-0.3, -0.25) is 4.68 Å².